The molecule has 0 radical (unpaired) electrons. The zero-order valence-corrected chi connectivity index (χ0v) is 11.3. The van der Waals surface area contributed by atoms with Crippen molar-refractivity contribution >= 4 is 29.2 Å². The molecule has 0 atom stereocenters. The summed E-state index contributed by atoms with van der Waals surface area (Å²) in [4.78, 5) is 10.4. The summed E-state index contributed by atoms with van der Waals surface area (Å²) in [5.41, 5.74) is 0.780. The number of carboxylic acids is 1. The highest BCUT2D eigenvalue weighted by atomic mass is 35.5. The fourth-order valence-corrected chi connectivity index (χ4v) is 2.14. The number of nitrogens with one attached hydrogen (secondary N) is 1. The molecule has 2 N–H and O–H groups in total. The molecule has 0 aliphatic carbocycles. The minimum absolute atomic E-state index is 0.112. The van der Waals surface area contributed by atoms with Crippen molar-refractivity contribution < 1.29 is 14.3 Å². The van der Waals surface area contributed by atoms with Crippen LogP contribution in [0.5, 0.6) is 0 Å². The number of halogens is 2. The van der Waals surface area contributed by atoms with Crippen LogP contribution in [0.3, 0.4) is 0 Å². The summed E-state index contributed by atoms with van der Waals surface area (Å²) in [6.45, 7) is 0.236. The molecule has 0 unspecified atom stereocenters. The third-order valence-electron chi connectivity index (χ3n) is 2.38. The van der Waals surface area contributed by atoms with Crippen molar-refractivity contribution in [1.29, 1.82) is 0 Å². The molecule has 100 valence electrons. The normalized spacial score (nSPS) is 10.6. The van der Waals surface area contributed by atoms with Crippen molar-refractivity contribution in [2.75, 3.05) is 6.54 Å². The lowest BCUT2D eigenvalue weighted by molar-refractivity contribution is -0.136. The van der Waals surface area contributed by atoms with Gasteiger partial charge in [-0.25, -0.2) is 0 Å². The molecule has 1 aromatic heterocycles. The lowest BCUT2D eigenvalue weighted by atomic mass is 10.2. The van der Waals surface area contributed by atoms with Gasteiger partial charge in [0, 0.05) is 15.6 Å². The van der Waals surface area contributed by atoms with Gasteiger partial charge < -0.3 is 9.52 Å². The van der Waals surface area contributed by atoms with Crippen LogP contribution in [0.4, 0.5) is 0 Å². The SMILES string of the molecule is O=C(O)CNCc1ccc(-c2cc(Cl)cc(Cl)c2)o1. The van der Waals surface area contributed by atoms with Crippen molar-refractivity contribution in [3.8, 4) is 11.3 Å². The minimum atomic E-state index is -0.909. The van der Waals surface area contributed by atoms with Crippen LogP contribution < -0.4 is 5.32 Å². The van der Waals surface area contributed by atoms with Gasteiger partial charge in [0.25, 0.3) is 0 Å². The second-order valence-corrected chi connectivity index (χ2v) is 4.79. The van der Waals surface area contributed by atoms with Gasteiger partial charge in [-0.05, 0) is 30.3 Å². The van der Waals surface area contributed by atoms with E-state index in [4.69, 9.17) is 32.7 Å². The summed E-state index contributed by atoms with van der Waals surface area (Å²) >= 11 is 11.8. The molecule has 0 aliphatic heterocycles. The van der Waals surface area contributed by atoms with Gasteiger partial charge in [0.15, 0.2) is 0 Å². The first kappa shape index (κ1) is 13.9. The molecule has 0 saturated heterocycles. The molecule has 1 aromatic carbocycles. The summed E-state index contributed by atoms with van der Waals surface area (Å²) in [6.07, 6.45) is 0. The summed E-state index contributed by atoms with van der Waals surface area (Å²) in [6, 6.07) is 8.71. The third kappa shape index (κ3) is 3.99. The number of benzene rings is 1. The van der Waals surface area contributed by atoms with Crippen LogP contribution in [-0.2, 0) is 11.3 Å². The minimum Gasteiger partial charge on any atom is -0.480 e. The van der Waals surface area contributed by atoms with Crippen molar-refractivity contribution in [2.24, 2.45) is 0 Å². The Morgan fingerprint density at radius 2 is 1.89 bits per heavy atom. The highest BCUT2D eigenvalue weighted by molar-refractivity contribution is 6.35. The average Bonchev–Trinajstić information content (AvgIpc) is 2.76. The molecule has 2 aromatic rings. The fourth-order valence-electron chi connectivity index (χ4n) is 1.62. The van der Waals surface area contributed by atoms with E-state index in [1.54, 1.807) is 30.3 Å². The maximum atomic E-state index is 10.4. The molecule has 1 heterocycles. The van der Waals surface area contributed by atoms with Crippen LogP contribution in [0.2, 0.25) is 10.0 Å². The highest BCUT2D eigenvalue weighted by Crippen LogP contribution is 2.28. The number of hydrogen-bond acceptors (Lipinski definition) is 3. The quantitative estimate of drug-likeness (QED) is 0.888. The van der Waals surface area contributed by atoms with E-state index in [0.717, 1.165) is 5.56 Å². The van der Waals surface area contributed by atoms with Crippen molar-refractivity contribution in [3.63, 3.8) is 0 Å². The maximum Gasteiger partial charge on any atom is 0.317 e. The van der Waals surface area contributed by atoms with Crippen LogP contribution in [0.15, 0.2) is 34.7 Å². The topological polar surface area (TPSA) is 62.5 Å². The molecule has 2 rings (SSSR count). The van der Waals surface area contributed by atoms with Gasteiger partial charge in [0.2, 0.25) is 0 Å². The molecule has 0 spiro atoms. The Morgan fingerprint density at radius 1 is 1.21 bits per heavy atom. The standard InChI is InChI=1S/C13H11Cl2NO3/c14-9-3-8(4-10(15)5-9)12-2-1-11(19-12)6-16-7-13(17)18/h1-5,16H,6-7H2,(H,17,18). The Balaban J connectivity index is 2.09. The smallest absolute Gasteiger partial charge is 0.317 e. The summed E-state index contributed by atoms with van der Waals surface area (Å²) < 4.78 is 5.59. The van der Waals surface area contributed by atoms with Gasteiger partial charge in [-0.2, -0.15) is 0 Å². The first-order valence-corrected chi connectivity index (χ1v) is 6.28. The number of carbonyl (C=O) groups is 1. The molecule has 0 amide bonds. The highest BCUT2D eigenvalue weighted by Gasteiger charge is 2.07. The average molecular weight is 300 g/mol. The van der Waals surface area contributed by atoms with Gasteiger partial charge in [-0.1, -0.05) is 23.2 Å². The van der Waals surface area contributed by atoms with Crippen LogP contribution >= 0.6 is 23.2 Å². The van der Waals surface area contributed by atoms with Gasteiger partial charge in [-0.15, -0.1) is 0 Å². The molecular weight excluding hydrogens is 289 g/mol. The molecule has 0 aliphatic rings. The maximum absolute atomic E-state index is 10.4. The van der Waals surface area contributed by atoms with Gasteiger partial charge in [0.05, 0.1) is 13.1 Å². The lowest BCUT2D eigenvalue weighted by Crippen LogP contribution is -2.21. The fraction of sp³-hybridized carbons (Fsp3) is 0.154. The lowest BCUT2D eigenvalue weighted by Gasteiger charge is -2.01. The predicted molar refractivity (Wildman–Crippen MR) is 73.5 cm³/mol. The van der Waals surface area contributed by atoms with Crippen molar-refractivity contribution in [3.05, 3.63) is 46.1 Å². The van der Waals surface area contributed by atoms with E-state index < -0.39 is 5.97 Å². The van der Waals surface area contributed by atoms with E-state index in [9.17, 15) is 4.79 Å². The largest absolute Gasteiger partial charge is 0.480 e. The second-order valence-electron chi connectivity index (χ2n) is 3.92. The molecule has 19 heavy (non-hydrogen) atoms. The summed E-state index contributed by atoms with van der Waals surface area (Å²) in [5, 5.41) is 12.3. The van der Waals surface area contributed by atoms with E-state index in [0.29, 0.717) is 28.1 Å². The summed E-state index contributed by atoms with van der Waals surface area (Å²) in [5.74, 6) is 0.372. The third-order valence-corrected chi connectivity index (χ3v) is 2.82. The molecule has 4 nitrogen and oxygen atoms in total. The second kappa shape index (κ2) is 6.10. The Morgan fingerprint density at radius 3 is 2.53 bits per heavy atom. The Labute approximate surface area is 119 Å². The van der Waals surface area contributed by atoms with Gasteiger partial charge in [-0.3, -0.25) is 10.1 Å². The number of carboxylic acid groups (broad SMARTS) is 1. The monoisotopic (exact) mass is 299 g/mol. The first-order chi connectivity index (χ1) is 9.04. The van der Waals surface area contributed by atoms with Crippen LogP contribution in [0, 0.1) is 0 Å². The summed E-state index contributed by atoms with van der Waals surface area (Å²) in [7, 11) is 0. The van der Waals surface area contributed by atoms with E-state index >= 15 is 0 Å². The van der Waals surface area contributed by atoms with Crippen LogP contribution in [0.25, 0.3) is 11.3 Å². The van der Waals surface area contributed by atoms with E-state index in [1.165, 1.54) is 0 Å². The molecular formula is C13H11Cl2NO3. The Bertz CT molecular complexity index is 575. The molecule has 0 saturated carbocycles. The van der Waals surface area contributed by atoms with Crippen LogP contribution in [0.1, 0.15) is 5.76 Å². The molecule has 0 fully saturated rings. The van der Waals surface area contributed by atoms with E-state index in [2.05, 4.69) is 5.32 Å². The first-order valence-electron chi connectivity index (χ1n) is 5.52. The van der Waals surface area contributed by atoms with Gasteiger partial charge in [0.1, 0.15) is 11.5 Å². The van der Waals surface area contributed by atoms with Gasteiger partial charge >= 0.3 is 5.97 Å². The van der Waals surface area contributed by atoms with E-state index in [-0.39, 0.29) is 6.54 Å². The zero-order chi connectivity index (χ0) is 13.8. The van der Waals surface area contributed by atoms with Crippen molar-refractivity contribution in [1.82, 2.24) is 5.32 Å². The Kier molecular flexibility index (Phi) is 4.47. The number of aliphatic carboxylic acids is 1. The number of furan rings is 1. The molecule has 0 bridgehead atoms. The Hall–Kier alpha value is -1.49. The number of rotatable bonds is 5. The number of hydrogen-bond donors (Lipinski definition) is 2. The molecule has 6 heteroatoms. The zero-order valence-electron chi connectivity index (χ0n) is 9.82. The van der Waals surface area contributed by atoms with E-state index in [1.807, 2.05) is 0 Å². The van der Waals surface area contributed by atoms with Crippen molar-refractivity contribution in [2.45, 2.75) is 6.54 Å². The van der Waals surface area contributed by atoms with Crippen LogP contribution in [-0.4, -0.2) is 17.6 Å². The predicted octanol–water partition coefficient (Wildman–Crippen LogP) is 3.43.